The highest BCUT2D eigenvalue weighted by atomic mass is 16.8. The molecule has 1 saturated carbocycles. The molecule has 0 aromatic heterocycles. The summed E-state index contributed by atoms with van der Waals surface area (Å²) in [4.78, 5) is 12.9. The van der Waals surface area contributed by atoms with E-state index in [0.29, 0.717) is 19.3 Å². The number of ether oxygens (including phenoxy) is 4. The van der Waals surface area contributed by atoms with Gasteiger partial charge in [0.2, 0.25) is 0 Å². The molecule has 0 spiro atoms. The number of hydrogen-bond donors (Lipinski definition) is 1. The summed E-state index contributed by atoms with van der Waals surface area (Å²) in [5, 5.41) is 11.2. The zero-order valence-electron chi connectivity index (χ0n) is 19.3. The van der Waals surface area contributed by atoms with Crippen molar-refractivity contribution in [2.75, 3.05) is 14.2 Å². The molecule has 1 aromatic rings. The number of fused-ring (bicyclic) bond motifs is 3. The largest absolute Gasteiger partial charge is 0.462 e. The number of rotatable bonds is 6. The van der Waals surface area contributed by atoms with Gasteiger partial charge in [-0.1, -0.05) is 62.4 Å². The average molecular weight is 443 g/mol. The molecule has 0 bridgehead atoms. The molecule has 1 heterocycles. The fourth-order valence-corrected chi connectivity index (χ4v) is 5.99. The number of aliphatic hydroxyl groups excluding tert-OH is 1. The van der Waals surface area contributed by atoms with E-state index in [0.717, 1.165) is 16.7 Å². The fourth-order valence-electron chi connectivity index (χ4n) is 5.99. The minimum atomic E-state index is -0.760. The Hall–Kier alpha value is -1.99. The van der Waals surface area contributed by atoms with Crippen molar-refractivity contribution in [3.8, 4) is 0 Å². The van der Waals surface area contributed by atoms with Crippen LogP contribution in [0.2, 0.25) is 0 Å². The van der Waals surface area contributed by atoms with E-state index < -0.39 is 30.2 Å². The van der Waals surface area contributed by atoms with Crippen LogP contribution < -0.4 is 0 Å². The van der Waals surface area contributed by atoms with Crippen molar-refractivity contribution in [2.24, 2.45) is 23.2 Å². The second-order valence-electron chi connectivity index (χ2n) is 9.46. The smallest absolute Gasteiger partial charge is 0.306 e. The summed E-state index contributed by atoms with van der Waals surface area (Å²) in [6, 6.07) is 9.91. The van der Waals surface area contributed by atoms with Crippen molar-refractivity contribution in [1.29, 1.82) is 0 Å². The highest BCUT2D eigenvalue weighted by Crippen LogP contribution is 2.61. The summed E-state index contributed by atoms with van der Waals surface area (Å²) in [7, 11) is 3.18. The van der Waals surface area contributed by atoms with Crippen LogP contribution in [0.15, 0.2) is 54.1 Å². The van der Waals surface area contributed by atoms with Crippen LogP contribution in [0.5, 0.6) is 0 Å². The van der Waals surface area contributed by atoms with E-state index in [-0.39, 0.29) is 23.7 Å². The van der Waals surface area contributed by atoms with Crippen molar-refractivity contribution in [2.45, 2.75) is 57.9 Å². The van der Waals surface area contributed by atoms with Crippen molar-refractivity contribution in [1.82, 2.24) is 0 Å². The van der Waals surface area contributed by atoms with Crippen LogP contribution in [-0.4, -0.2) is 50.1 Å². The second-order valence-corrected chi connectivity index (χ2v) is 9.46. The number of aliphatic hydroxyl groups is 1. The Balaban J connectivity index is 1.63. The van der Waals surface area contributed by atoms with Crippen molar-refractivity contribution >= 4 is 5.97 Å². The second kappa shape index (κ2) is 9.10. The molecule has 2 fully saturated rings. The number of carbonyl (C=O) groups excluding carboxylic acids is 1. The lowest BCUT2D eigenvalue weighted by Gasteiger charge is -2.56. The highest BCUT2D eigenvalue weighted by molar-refractivity contribution is 5.70. The molecule has 4 rings (SSSR count). The molecule has 1 saturated heterocycles. The van der Waals surface area contributed by atoms with Gasteiger partial charge in [-0.15, -0.1) is 0 Å². The van der Waals surface area contributed by atoms with E-state index in [1.165, 1.54) is 0 Å². The van der Waals surface area contributed by atoms with E-state index in [1.54, 1.807) is 14.2 Å². The van der Waals surface area contributed by atoms with Gasteiger partial charge in [-0.05, 0) is 29.9 Å². The Bertz CT molecular complexity index is 880. The molecule has 8 atom stereocenters. The monoisotopic (exact) mass is 442 g/mol. The van der Waals surface area contributed by atoms with Gasteiger partial charge in [0.15, 0.2) is 12.6 Å². The molecular weight excluding hydrogens is 408 g/mol. The minimum absolute atomic E-state index is 0.117. The molecule has 6 nitrogen and oxygen atoms in total. The van der Waals surface area contributed by atoms with Crippen molar-refractivity contribution < 1.29 is 28.8 Å². The molecule has 3 aliphatic rings. The molecule has 6 heteroatoms. The number of aryl methyl sites for hydroxylation is 1. The first kappa shape index (κ1) is 23.2. The van der Waals surface area contributed by atoms with Crippen LogP contribution in [0.4, 0.5) is 0 Å². The van der Waals surface area contributed by atoms with Crippen molar-refractivity contribution in [3.05, 3.63) is 59.7 Å². The van der Waals surface area contributed by atoms with E-state index in [2.05, 4.69) is 20.4 Å². The van der Waals surface area contributed by atoms with Crippen LogP contribution in [0.3, 0.4) is 0 Å². The van der Waals surface area contributed by atoms with Gasteiger partial charge in [-0.3, -0.25) is 4.79 Å². The lowest BCUT2D eigenvalue weighted by atomic mass is 9.50. The van der Waals surface area contributed by atoms with Gasteiger partial charge in [0.1, 0.15) is 6.10 Å². The minimum Gasteiger partial charge on any atom is -0.462 e. The maximum Gasteiger partial charge on any atom is 0.306 e. The summed E-state index contributed by atoms with van der Waals surface area (Å²) in [6.07, 6.45) is 1.08. The zero-order valence-corrected chi connectivity index (χ0v) is 19.3. The van der Waals surface area contributed by atoms with Crippen LogP contribution >= 0.6 is 0 Å². The number of methoxy groups -OCH3 is 2. The van der Waals surface area contributed by atoms with Crippen LogP contribution in [0.1, 0.15) is 32.3 Å². The van der Waals surface area contributed by atoms with Crippen LogP contribution in [0, 0.1) is 23.2 Å². The van der Waals surface area contributed by atoms with E-state index in [9.17, 15) is 9.90 Å². The Labute approximate surface area is 190 Å². The van der Waals surface area contributed by atoms with Gasteiger partial charge in [0, 0.05) is 37.9 Å². The number of benzene rings is 1. The molecule has 1 aliphatic heterocycles. The highest BCUT2D eigenvalue weighted by Gasteiger charge is 2.64. The Kier molecular flexibility index (Phi) is 6.59. The third kappa shape index (κ3) is 3.83. The molecule has 0 amide bonds. The lowest BCUT2D eigenvalue weighted by molar-refractivity contribution is -0.217. The van der Waals surface area contributed by atoms with Crippen LogP contribution in [-0.2, 0) is 30.2 Å². The normalized spacial score (nSPS) is 38.6. The quantitative estimate of drug-likeness (QED) is 0.536. The molecule has 2 aliphatic carbocycles. The standard InChI is InChI=1S/C26H34O6/c1-15-13-20(31-21(28)12-11-17-9-7-6-8-10-17)26(3)22(16(15)2)19(27)14-18-23(26)25(30-5)32-24(18)29-4/h6-10,14-15,19-20,22-25,27H,2,11-13H2,1,3-5H3/t15-,19-,20+,22+,23+,24-,25+,26-/m0/s1. The van der Waals surface area contributed by atoms with Crippen molar-refractivity contribution in [3.63, 3.8) is 0 Å². The van der Waals surface area contributed by atoms with Gasteiger partial charge >= 0.3 is 5.97 Å². The predicted octanol–water partition coefficient (Wildman–Crippen LogP) is 3.64. The first-order valence-electron chi connectivity index (χ1n) is 11.3. The van der Waals surface area contributed by atoms with E-state index >= 15 is 0 Å². The Morgan fingerprint density at radius 3 is 2.59 bits per heavy atom. The first-order valence-corrected chi connectivity index (χ1v) is 11.3. The first-order chi connectivity index (χ1) is 15.3. The van der Waals surface area contributed by atoms with Gasteiger partial charge < -0.3 is 24.1 Å². The molecule has 0 unspecified atom stereocenters. The molecule has 1 N–H and O–H groups in total. The molecule has 174 valence electrons. The number of carbonyl (C=O) groups is 1. The van der Waals surface area contributed by atoms with Gasteiger partial charge in [0.05, 0.1) is 6.10 Å². The third-order valence-electron chi connectivity index (χ3n) is 7.68. The van der Waals surface area contributed by atoms with Crippen LogP contribution in [0.25, 0.3) is 0 Å². The van der Waals surface area contributed by atoms with Gasteiger partial charge in [-0.2, -0.15) is 0 Å². The molecule has 1 aromatic carbocycles. The van der Waals surface area contributed by atoms with Gasteiger partial charge in [-0.25, -0.2) is 0 Å². The molecular formula is C26H34O6. The Morgan fingerprint density at radius 2 is 1.94 bits per heavy atom. The maximum atomic E-state index is 12.9. The topological polar surface area (TPSA) is 74.2 Å². The van der Waals surface area contributed by atoms with Gasteiger partial charge in [0.25, 0.3) is 0 Å². The zero-order chi connectivity index (χ0) is 23.0. The van der Waals surface area contributed by atoms with E-state index in [4.69, 9.17) is 18.9 Å². The summed E-state index contributed by atoms with van der Waals surface area (Å²) in [6.45, 7) is 8.47. The molecule has 32 heavy (non-hydrogen) atoms. The third-order valence-corrected chi connectivity index (χ3v) is 7.68. The lowest BCUT2D eigenvalue weighted by Crippen LogP contribution is -2.59. The predicted molar refractivity (Wildman–Crippen MR) is 119 cm³/mol. The number of hydrogen-bond acceptors (Lipinski definition) is 6. The molecule has 0 radical (unpaired) electrons. The van der Waals surface area contributed by atoms with E-state index in [1.807, 2.05) is 36.4 Å². The average Bonchev–Trinajstić information content (AvgIpc) is 3.15. The fraction of sp³-hybridized carbons (Fsp3) is 0.577. The summed E-state index contributed by atoms with van der Waals surface area (Å²) in [5.74, 6) is -0.614. The number of esters is 1. The Morgan fingerprint density at radius 1 is 1.22 bits per heavy atom. The summed E-state index contributed by atoms with van der Waals surface area (Å²) in [5.41, 5.74) is 2.29. The summed E-state index contributed by atoms with van der Waals surface area (Å²) < 4.78 is 23.4. The SMILES string of the molecule is C=C1[C@@H]2[C@@H](O)C=C3[C@@H](OC)O[C@@H](OC)[C@@H]3[C@@]2(C)[C@H](OC(=O)CCc2ccccc2)C[C@@H]1C. The maximum absolute atomic E-state index is 12.9. The summed E-state index contributed by atoms with van der Waals surface area (Å²) >= 11 is 0.